The first-order valence-electron chi connectivity index (χ1n) is 7.31. The highest BCUT2D eigenvalue weighted by molar-refractivity contribution is 7.99. The van der Waals surface area contributed by atoms with Gasteiger partial charge in [0.05, 0.1) is 6.04 Å². The number of hydrogen-bond acceptors (Lipinski definition) is 3. The number of nitrogens with zero attached hydrogens (tertiary/aromatic N) is 1. The number of hydrogen-bond donors (Lipinski definition) is 1. The van der Waals surface area contributed by atoms with Crippen molar-refractivity contribution in [1.29, 1.82) is 0 Å². The number of thioether (sulfide) groups is 1. The lowest BCUT2D eigenvalue weighted by Crippen LogP contribution is -2.49. The van der Waals surface area contributed by atoms with Crippen molar-refractivity contribution in [2.45, 2.75) is 38.6 Å². The number of carbonyl (C=O) groups is 1. The average Bonchev–Trinajstić information content (AvgIpc) is 3.28. The molecule has 3 rings (SSSR count). The highest BCUT2D eigenvalue weighted by atomic mass is 32.2. The molecule has 1 saturated heterocycles. The summed E-state index contributed by atoms with van der Waals surface area (Å²) in [7, 11) is 0. The largest absolute Gasteiger partial charge is 0.354 e. The van der Waals surface area contributed by atoms with Gasteiger partial charge >= 0.3 is 0 Å². The molecule has 0 radical (unpaired) electrons. The van der Waals surface area contributed by atoms with E-state index in [1.165, 1.54) is 37.2 Å². The van der Waals surface area contributed by atoms with Crippen molar-refractivity contribution >= 4 is 17.7 Å². The van der Waals surface area contributed by atoms with Gasteiger partial charge in [0.15, 0.2) is 0 Å². The third kappa shape index (κ3) is 2.69. The van der Waals surface area contributed by atoms with Crippen LogP contribution in [0.4, 0.5) is 0 Å². The Kier molecular flexibility index (Phi) is 3.59. The molecule has 1 amide bonds. The van der Waals surface area contributed by atoms with Crippen LogP contribution in [0.25, 0.3) is 0 Å². The average molecular weight is 268 g/mol. The van der Waals surface area contributed by atoms with Crippen LogP contribution in [0, 0.1) is 11.3 Å². The minimum atomic E-state index is 0.0564. The molecule has 3 nitrogen and oxygen atoms in total. The van der Waals surface area contributed by atoms with Gasteiger partial charge in [0.1, 0.15) is 0 Å². The van der Waals surface area contributed by atoms with Gasteiger partial charge in [-0.1, -0.05) is 0 Å². The van der Waals surface area contributed by atoms with Crippen LogP contribution in [-0.4, -0.2) is 48.0 Å². The molecule has 3 aliphatic rings. The Morgan fingerprint density at radius 1 is 1.39 bits per heavy atom. The zero-order chi connectivity index (χ0) is 12.6. The van der Waals surface area contributed by atoms with E-state index in [2.05, 4.69) is 17.1 Å². The van der Waals surface area contributed by atoms with Crippen molar-refractivity contribution in [3.63, 3.8) is 0 Å². The second-order valence-corrected chi connectivity index (χ2v) is 7.40. The van der Waals surface area contributed by atoms with Crippen LogP contribution in [0.1, 0.15) is 32.6 Å². The zero-order valence-corrected chi connectivity index (χ0v) is 12.1. The third-order valence-corrected chi connectivity index (χ3v) is 5.87. The fourth-order valence-corrected chi connectivity index (χ4v) is 4.06. The number of nitrogens with one attached hydrogen (secondary N) is 1. The van der Waals surface area contributed by atoms with E-state index in [0.29, 0.717) is 5.41 Å². The van der Waals surface area contributed by atoms with Gasteiger partial charge in [0, 0.05) is 31.1 Å². The molecule has 1 aliphatic heterocycles. The first kappa shape index (κ1) is 12.8. The molecule has 0 spiro atoms. The Balaban J connectivity index is 1.45. The second kappa shape index (κ2) is 5.04. The molecule has 0 aromatic rings. The minimum absolute atomic E-state index is 0.0564. The lowest BCUT2D eigenvalue weighted by atomic mass is 10.0. The fourth-order valence-electron chi connectivity index (χ4n) is 3.13. The molecule has 0 unspecified atom stereocenters. The van der Waals surface area contributed by atoms with Crippen molar-refractivity contribution < 1.29 is 4.79 Å². The molecule has 102 valence electrons. The van der Waals surface area contributed by atoms with E-state index in [4.69, 9.17) is 0 Å². The van der Waals surface area contributed by atoms with E-state index >= 15 is 0 Å². The van der Waals surface area contributed by atoms with Gasteiger partial charge in [-0.05, 0) is 43.9 Å². The van der Waals surface area contributed by atoms with E-state index in [9.17, 15) is 4.79 Å². The Morgan fingerprint density at radius 2 is 2.06 bits per heavy atom. The van der Waals surface area contributed by atoms with Crippen molar-refractivity contribution in [2.24, 2.45) is 11.3 Å². The molecular weight excluding hydrogens is 244 g/mol. The molecule has 3 fully saturated rings. The van der Waals surface area contributed by atoms with Crippen LogP contribution in [0.2, 0.25) is 0 Å². The SMILES string of the molecule is C[C@@H](C(=O)NCC1(C2CC2)CC1)N1CCSCC1. The van der Waals surface area contributed by atoms with Gasteiger partial charge < -0.3 is 5.32 Å². The summed E-state index contributed by atoms with van der Waals surface area (Å²) in [6.45, 7) is 5.12. The Morgan fingerprint density at radius 3 is 2.61 bits per heavy atom. The van der Waals surface area contributed by atoms with Gasteiger partial charge in [-0.15, -0.1) is 0 Å². The molecule has 0 aromatic carbocycles. The fraction of sp³-hybridized carbons (Fsp3) is 0.929. The molecule has 18 heavy (non-hydrogen) atoms. The molecule has 1 N–H and O–H groups in total. The van der Waals surface area contributed by atoms with Gasteiger partial charge in [0.2, 0.25) is 5.91 Å². The van der Waals surface area contributed by atoms with E-state index in [0.717, 1.165) is 25.6 Å². The summed E-state index contributed by atoms with van der Waals surface area (Å²) in [4.78, 5) is 14.5. The van der Waals surface area contributed by atoms with Crippen LogP contribution < -0.4 is 5.32 Å². The molecule has 1 atom stereocenters. The predicted octanol–water partition coefficient (Wildman–Crippen LogP) is 1.73. The van der Waals surface area contributed by atoms with Crippen LogP contribution in [0.3, 0.4) is 0 Å². The maximum Gasteiger partial charge on any atom is 0.237 e. The smallest absolute Gasteiger partial charge is 0.237 e. The molecule has 0 bridgehead atoms. The normalized spacial score (nSPS) is 28.7. The highest BCUT2D eigenvalue weighted by Gasteiger charge is 2.53. The van der Waals surface area contributed by atoms with Gasteiger partial charge in [0.25, 0.3) is 0 Å². The standard InChI is InChI=1S/C14H24N2OS/c1-11(16-6-8-18-9-7-16)13(17)15-10-14(4-5-14)12-2-3-12/h11-12H,2-10H2,1H3,(H,15,17)/t11-/m0/s1. The quantitative estimate of drug-likeness (QED) is 0.824. The maximum atomic E-state index is 12.2. The van der Waals surface area contributed by atoms with Crippen LogP contribution >= 0.6 is 11.8 Å². The van der Waals surface area contributed by atoms with Crippen molar-refractivity contribution in [1.82, 2.24) is 10.2 Å². The number of rotatable bonds is 5. The lowest BCUT2D eigenvalue weighted by molar-refractivity contribution is -0.126. The Labute approximate surface area is 114 Å². The third-order valence-electron chi connectivity index (χ3n) is 4.92. The molecule has 4 heteroatoms. The summed E-state index contributed by atoms with van der Waals surface area (Å²) in [6, 6.07) is 0.0564. The zero-order valence-electron chi connectivity index (χ0n) is 11.3. The summed E-state index contributed by atoms with van der Waals surface area (Å²) in [5, 5.41) is 3.22. The first-order chi connectivity index (χ1) is 8.71. The summed E-state index contributed by atoms with van der Waals surface area (Å²) in [6.07, 6.45) is 5.48. The molecule has 1 heterocycles. The van der Waals surface area contributed by atoms with Crippen LogP contribution in [-0.2, 0) is 4.79 Å². The Hall–Kier alpha value is -0.220. The van der Waals surface area contributed by atoms with E-state index < -0.39 is 0 Å². The molecular formula is C14H24N2OS. The van der Waals surface area contributed by atoms with Gasteiger partial charge in [-0.2, -0.15) is 11.8 Å². The predicted molar refractivity (Wildman–Crippen MR) is 75.8 cm³/mol. The summed E-state index contributed by atoms with van der Waals surface area (Å²) < 4.78 is 0. The molecule has 0 aromatic heterocycles. The van der Waals surface area contributed by atoms with Crippen molar-refractivity contribution in [2.75, 3.05) is 31.1 Å². The lowest BCUT2D eigenvalue weighted by Gasteiger charge is -2.31. The van der Waals surface area contributed by atoms with Gasteiger partial charge in [-0.25, -0.2) is 0 Å². The maximum absolute atomic E-state index is 12.2. The second-order valence-electron chi connectivity index (χ2n) is 6.18. The van der Waals surface area contributed by atoms with Crippen molar-refractivity contribution in [3.05, 3.63) is 0 Å². The number of amides is 1. The van der Waals surface area contributed by atoms with Crippen molar-refractivity contribution in [3.8, 4) is 0 Å². The summed E-state index contributed by atoms with van der Waals surface area (Å²) >= 11 is 1.99. The summed E-state index contributed by atoms with van der Waals surface area (Å²) in [5.74, 6) is 3.51. The highest BCUT2D eigenvalue weighted by Crippen LogP contribution is 2.60. The van der Waals surface area contributed by atoms with Crippen LogP contribution in [0.5, 0.6) is 0 Å². The van der Waals surface area contributed by atoms with Crippen LogP contribution in [0.15, 0.2) is 0 Å². The first-order valence-corrected chi connectivity index (χ1v) is 8.46. The van der Waals surface area contributed by atoms with Gasteiger partial charge in [-0.3, -0.25) is 9.69 Å². The van der Waals surface area contributed by atoms with E-state index in [-0.39, 0.29) is 11.9 Å². The molecule has 2 aliphatic carbocycles. The monoisotopic (exact) mass is 268 g/mol. The topological polar surface area (TPSA) is 32.3 Å². The summed E-state index contributed by atoms with van der Waals surface area (Å²) in [5.41, 5.74) is 0.521. The van der Waals surface area contributed by atoms with E-state index in [1.54, 1.807) is 0 Å². The molecule has 2 saturated carbocycles. The Bertz CT molecular complexity index is 320. The van der Waals surface area contributed by atoms with E-state index in [1.807, 2.05) is 11.8 Å². The minimum Gasteiger partial charge on any atom is -0.354 e. The number of carbonyl (C=O) groups excluding carboxylic acids is 1.